The Balaban J connectivity index is 2.25. The molecule has 0 aliphatic rings. The van der Waals surface area contributed by atoms with Gasteiger partial charge in [-0.2, -0.15) is 0 Å². The van der Waals surface area contributed by atoms with E-state index in [1.54, 1.807) is 0 Å². The van der Waals surface area contributed by atoms with Crippen LogP contribution < -0.4 is 4.74 Å². The van der Waals surface area contributed by atoms with Crippen LogP contribution in [0.2, 0.25) is 0 Å². The molecule has 0 heterocycles. The lowest BCUT2D eigenvalue weighted by atomic mass is 10.3. The van der Waals surface area contributed by atoms with Gasteiger partial charge in [0, 0.05) is 3.57 Å². The van der Waals surface area contributed by atoms with Gasteiger partial charge in [0.25, 0.3) is 0 Å². The Bertz CT molecular complexity index is 230. The van der Waals surface area contributed by atoms with E-state index in [-0.39, 0.29) is 0 Å². The van der Waals surface area contributed by atoms with Crippen molar-refractivity contribution in [3.05, 3.63) is 34.3 Å². The molecular formula is C11H14IO. The Hall–Kier alpha value is -0.250. The van der Waals surface area contributed by atoms with Crippen LogP contribution in [0.25, 0.3) is 0 Å². The first-order chi connectivity index (χ1) is 6.33. The van der Waals surface area contributed by atoms with Crippen molar-refractivity contribution in [3.8, 4) is 5.75 Å². The van der Waals surface area contributed by atoms with Gasteiger partial charge in [-0.15, -0.1) is 0 Å². The number of hydrogen-bond donors (Lipinski definition) is 0. The smallest absolute Gasteiger partial charge is 0.119 e. The molecule has 0 unspecified atom stereocenters. The molecule has 0 saturated carbocycles. The van der Waals surface area contributed by atoms with Crippen molar-refractivity contribution in [1.29, 1.82) is 0 Å². The van der Waals surface area contributed by atoms with E-state index in [2.05, 4.69) is 48.1 Å². The van der Waals surface area contributed by atoms with Gasteiger partial charge < -0.3 is 4.74 Å². The van der Waals surface area contributed by atoms with E-state index in [4.69, 9.17) is 4.74 Å². The highest BCUT2D eigenvalue weighted by atomic mass is 127. The standard InChI is InChI=1S/C11H14IO/c1-2-3-4-9-13-11-7-5-10(12)6-8-11/h4-8H,2-3,9H2,1H3. The van der Waals surface area contributed by atoms with Crippen LogP contribution in [0.3, 0.4) is 0 Å². The van der Waals surface area contributed by atoms with E-state index in [0.29, 0.717) is 6.61 Å². The Morgan fingerprint density at radius 2 is 2.00 bits per heavy atom. The molecule has 0 amide bonds. The van der Waals surface area contributed by atoms with Gasteiger partial charge in [0.15, 0.2) is 0 Å². The number of hydrogen-bond acceptors (Lipinski definition) is 1. The molecule has 1 aromatic carbocycles. The van der Waals surface area contributed by atoms with Crippen molar-refractivity contribution in [3.63, 3.8) is 0 Å². The average molecular weight is 289 g/mol. The predicted molar refractivity (Wildman–Crippen MR) is 63.9 cm³/mol. The summed E-state index contributed by atoms with van der Waals surface area (Å²) < 4.78 is 6.74. The molecule has 0 aromatic heterocycles. The topological polar surface area (TPSA) is 9.23 Å². The van der Waals surface area contributed by atoms with Gasteiger partial charge in [-0.1, -0.05) is 13.3 Å². The van der Waals surface area contributed by atoms with E-state index in [1.165, 1.54) is 9.99 Å². The average Bonchev–Trinajstić information content (AvgIpc) is 2.15. The first kappa shape index (κ1) is 10.8. The Morgan fingerprint density at radius 1 is 1.31 bits per heavy atom. The molecule has 0 bridgehead atoms. The molecule has 0 atom stereocenters. The molecule has 0 N–H and O–H groups in total. The van der Waals surface area contributed by atoms with Crippen LogP contribution in [0.1, 0.15) is 19.8 Å². The van der Waals surface area contributed by atoms with E-state index in [0.717, 1.165) is 12.2 Å². The molecule has 0 saturated heterocycles. The van der Waals surface area contributed by atoms with Crippen LogP contribution in [0.4, 0.5) is 0 Å². The minimum Gasteiger partial charge on any atom is -0.493 e. The van der Waals surface area contributed by atoms with Gasteiger partial charge in [0.05, 0.1) is 6.61 Å². The molecule has 0 fully saturated rings. The molecule has 1 rings (SSSR count). The second-order valence-electron chi connectivity index (χ2n) is 2.84. The Kier molecular flexibility index (Phi) is 5.20. The lowest BCUT2D eigenvalue weighted by molar-refractivity contribution is 0.344. The first-order valence-corrected chi connectivity index (χ1v) is 5.61. The van der Waals surface area contributed by atoms with Gasteiger partial charge in [-0.25, -0.2) is 0 Å². The quantitative estimate of drug-likeness (QED) is 0.593. The van der Waals surface area contributed by atoms with Crippen LogP contribution in [0, 0.1) is 9.99 Å². The second-order valence-corrected chi connectivity index (χ2v) is 4.09. The predicted octanol–water partition coefficient (Wildman–Crippen LogP) is 3.67. The summed E-state index contributed by atoms with van der Waals surface area (Å²) in [5.74, 6) is 0.952. The van der Waals surface area contributed by atoms with Gasteiger partial charge >= 0.3 is 0 Å². The maximum Gasteiger partial charge on any atom is 0.119 e. The summed E-state index contributed by atoms with van der Waals surface area (Å²) in [6.45, 7) is 2.88. The maximum atomic E-state index is 5.50. The molecule has 71 valence electrons. The fraction of sp³-hybridized carbons (Fsp3) is 0.364. The summed E-state index contributed by atoms with van der Waals surface area (Å²) in [5.41, 5.74) is 0. The second kappa shape index (κ2) is 6.24. The minimum atomic E-state index is 0.717. The van der Waals surface area contributed by atoms with Gasteiger partial charge in [-0.05, 0) is 59.7 Å². The Labute approximate surface area is 93.6 Å². The van der Waals surface area contributed by atoms with Crippen LogP contribution in [0.15, 0.2) is 24.3 Å². The van der Waals surface area contributed by atoms with Crippen molar-refractivity contribution in [2.75, 3.05) is 6.61 Å². The van der Waals surface area contributed by atoms with Crippen LogP contribution in [-0.4, -0.2) is 6.61 Å². The fourth-order valence-corrected chi connectivity index (χ4v) is 1.33. The molecule has 13 heavy (non-hydrogen) atoms. The van der Waals surface area contributed by atoms with Crippen LogP contribution in [0.5, 0.6) is 5.75 Å². The summed E-state index contributed by atoms with van der Waals surface area (Å²) >= 11 is 2.28. The summed E-state index contributed by atoms with van der Waals surface area (Å²) in [6.07, 6.45) is 4.48. The van der Waals surface area contributed by atoms with Crippen molar-refractivity contribution >= 4 is 22.6 Å². The zero-order chi connectivity index (χ0) is 9.52. The van der Waals surface area contributed by atoms with Crippen LogP contribution >= 0.6 is 22.6 Å². The molecule has 2 heteroatoms. The third kappa shape index (κ3) is 4.50. The fourth-order valence-electron chi connectivity index (χ4n) is 0.973. The van der Waals surface area contributed by atoms with Crippen molar-refractivity contribution in [2.45, 2.75) is 19.8 Å². The number of halogens is 1. The van der Waals surface area contributed by atoms with Crippen molar-refractivity contribution in [1.82, 2.24) is 0 Å². The highest BCUT2D eigenvalue weighted by Gasteiger charge is 1.92. The number of benzene rings is 1. The molecule has 0 spiro atoms. The number of unbranched alkanes of at least 4 members (excludes halogenated alkanes) is 2. The van der Waals surface area contributed by atoms with E-state index in [1.807, 2.05) is 12.1 Å². The minimum absolute atomic E-state index is 0.717. The monoisotopic (exact) mass is 289 g/mol. The normalized spacial score (nSPS) is 10.0. The van der Waals surface area contributed by atoms with Gasteiger partial charge in [0.2, 0.25) is 0 Å². The maximum absolute atomic E-state index is 5.50. The number of ether oxygens (including phenoxy) is 1. The summed E-state index contributed by atoms with van der Waals surface area (Å²) in [6, 6.07) is 8.11. The SMILES string of the molecule is CCC[CH]COc1ccc(I)cc1. The van der Waals surface area contributed by atoms with E-state index >= 15 is 0 Å². The molecule has 0 aliphatic carbocycles. The summed E-state index contributed by atoms with van der Waals surface area (Å²) in [4.78, 5) is 0. The highest BCUT2D eigenvalue weighted by Crippen LogP contribution is 2.13. The van der Waals surface area contributed by atoms with Crippen molar-refractivity contribution in [2.24, 2.45) is 0 Å². The van der Waals surface area contributed by atoms with E-state index < -0.39 is 0 Å². The largest absolute Gasteiger partial charge is 0.493 e. The lowest BCUT2D eigenvalue weighted by Crippen LogP contribution is -1.97. The molecule has 1 aromatic rings. The lowest BCUT2D eigenvalue weighted by Gasteiger charge is -2.04. The third-order valence-electron chi connectivity index (χ3n) is 1.67. The first-order valence-electron chi connectivity index (χ1n) is 4.53. The Morgan fingerprint density at radius 3 is 2.62 bits per heavy atom. The zero-order valence-corrected chi connectivity index (χ0v) is 9.95. The highest BCUT2D eigenvalue weighted by molar-refractivity contribution is 14.1. The summed E-state index contributed by atoms with van der Waals surface area (Å²) in [7, 11) is 0. The molecular weight excluding hydrogens is 275 g/mol. The van der Waals surface area contributed by atoms with Crippen molar-refractivity contribution < 1.29 is 4.74 Å². The molecule has 1 nitrogen and oxygen atoms in total. The zero-order valence-electron chi connectivity index (χ0n) is 7.79. The number of rotatable bonds is 5. The van der Waals surface area contributed by atoms with Gasteiger partial charge in [-0.3, -0.25) is 0 Å². The summed E-state index contributed by atoms with van der Waals surface area (Å²) in [5, 5.41) is 0. The molecule has 1 radical (unpaired) electrons. The van der Waals surface area contributed by atoms with Crippen LogP contribution in [-0.2, 0) is 0 Å². The molecule has 0 aliphatic heterocycles. The van der Waals surface area contributed by atoms with Gasteiger partial charge in [0.1, 0.15) is 5.75 Å². The third-order valence-corrected chi connectivity index (χ3v) is 2.39. The van der Waals surface area contributed by atoms with E-state index in [9.17, 15) is 0 Å².